The Morgan fingerprint density at radius 1 is 0.891 bits per heavy atom. The van der Waals surface area contributed by atoms with Crippen LogP contribution in [0, 0.1) is 51.8 Å². The van der Waals surface area contributed by atoms with Crippen LogP contribution in [0.15, 0.2) is 58.7 Å². The maximum atomic E-state index is 14.3. The van der Waals surface area contributed by atoms with Gasteiger partial charge in [-0.2, -0.15) is 0 Å². The normalized spacial score (nSPS) is 23.9. The Bertz CT molecular complexity index is 1880. The molecule has 2 amide bonds. The van der Waals surface area contributed by atoms with Gasteiger partial charge in [-0.15, -0.1) is 0 Å². The van der Waals surface area contributed by atoms with Gasteiger partial charge >= 0.3 is 11.4 Å². The summed E-state index contributed by atoms with van der Waals surface area (Å²) in [7, 11) is 2.83. The third kappa shape index (κ3) is 4.37. The molecule has 0 saturated carbocycles. The molecule has 13 heteroatoms. The molecular weight excluding hydrogens is 596 g/mol. The highest BCUT2D eigenvalue weighted by Gasteiger charge is 2.57. The molecule has 2 aromatic carbocycles. The lowest BCUT2D eigenvalue weighted by molar-refractivity contribution is -0.392. The molecule has 0 bridgehead atoms. The Kier molecular flexibility index (Phi) is 7.02. The Balaban J connectivity index is 1.50. The van der Waals surface area contributed by atoms with Gasteiger partial charge in [0, 0.05) is 48.9 Å². The van der Waals surface area contributed by atoms with Crippen molar-refractivity contribution in [1.82, 2.24) is 0 Å². The van der Waals surface area contributed by atoms with E-state index >= 15 is 0 Å². The van der Waals surface area contributed by atoms with Crippen LogP contribution in [-0.4, -0.2) is 52.4 Å². The number of benzene rings is 2. The first-order valence-electron chi connectivity index (χ1n) is 14.7. The number of Topliss-reactive ketones (excluding diaryl/α,β-unsaturated/α-hetero) is 1. The number of anilines is 2. The van der Waals surface area contributed by atoms with Gasteiger partial charge < -0.3 is 10.0 Å². The molecule has 0 unspecified atom stereocenters. The lowest BCUT2D eigenvalue weighted by Gasteiger charge is -2.42. The molecule has 6 rings (SSSR count). The highest BCUT2D eigenvalue weighted by Crippen LogP contribution is 2.56. The van der Waals surface area contributed by atoms with E-state index in [0.717, 1.165) is 17.0 Å². The summed E-state index contributed by atoms with van der Waals surface area (Å²) >= 11 is 0. The van der Waals surface area contributed by atoms with Crippen molar-refractivity contribution in [1.29, 1.82) is 0 Å². The molecule has 4 aliphatic rings. The van der Waals surface area contributed by atoms with Crippen molar-refractivity contribution >= 4 is 46.1 Å². The van der Waals surface area contributed by atoms with Crippen LogP contribution in [-0.2, 0) is 19.2 Å². The highest BCUT2D eigenvalue weighted by molar-refractivity contribution is 6.25. The van der Waals surface area contributed by atoms with Crippen molar-refractivity contribution in [3.8, 4) is 5.75 Å². The first-order valence-corrected chi connectivity index (χ1v) is 14.7. The zero-order valence-corrected chi connectivity index (χ0v) is 25.7. The summed E-state index contributed by atoms with van der Waals surface area (Å²) in [5.41, 5.74) is 1.48. The molecule has 46 heavy (non-hydrogen) atoms. The van der Waals surface area contributed by atoms with Gasteiger partial charge in [0.05, 0.1) is 27.4 Å². The first-order chi connectivity index (χ1) is 21.6. The smallest absolute Gasteiger partial charge is 0.301 e. The first kappa shape index (κ1) is 30.6. The number of carbonyl (C=O) groups excluding carboxylic acids is 4. The average molecular weight is 627 g/mol. The molecule has 1 N–H and O–H groups in total. The fourth-order valence-electron chi connectivity index (χ4n) is 7.63. The monoisotopic (exact) mass is 626 g/mol. The van der Waals surface area contributed by atoms with Gasteiger partial charge in [0.15, 0.2) is 17.3 Å². The number of hydrogen-bond donors (Lipinski definition) is 1. The van der Waals surface area contributed by atoms with Gasteiger partial charge in [0.1, 0.15) is 5.75 Å². The molecule has 0 aromatic heterocycles. The minimum atomic E-state index is -0.982. The lowest BCUT2D eigenvalue weighted by atomic mass is 9.59. The van der Waals surface area contributed by atoms with Crippen LogP contribution in [0.3, 0.4) is 0 Å². The zero-order chi connectivity index (χ0) is 33.5. The van der Waals surface area contributed by atoms with E-state index in [9.17, 15) is 44.5 Å². The molecule has 0 spiro atoms. The summed E-state index contributed by atoms with van der Waals surface area (Å²) in [5, 5.41) is 34.5. The van der Waals surface area contributed by atoms with Crippen molar-refractivity contribution in [2.75, 3.05) is 23.9 Å². The number of aryl methyl sites for hydroxylation is 2. The highest BCUT2D eigenvalue weighted by atomic mass is 16.6. The third-order valence-corrected chi connectivity index (χ3v) is 9.56. The van der Waals surface area contributed by atoms with Gasteiger partial charge in [-0.25, -0.2) is 4.90 Å². The molecule has 1 aliphatic heterocycles. The molecule has 2 aromatic rings. The van der Waals surface area contributed by atoms with Gasteiger partial charge in [0.2, 0.25) is 11.8 Å². The number of phenolic OH excluding ortho intramolecular Hbond substituents is 1. The number of phenols is 1. The fraction of sp³-hybridized carbons (Fsp3) is 0.333. The van der Waals surface area contributed by atoms with Crippen molar-refractivity contribution < 1.29 is 34.1 Å². The molecule has 1 saturated heterocycles. The van der Waals surface area contributed by atoms with Crippen LogP contribution in [0.4, 0.5) is 22.7 Å². The Labute approximate surface area is 262 Å². The van der Waals surface area contributed by atoms with Crippen molar-refractivity contribution in [2.24, 2.45) is 17.8 Å². The zero-order valence-electron chi connectivity index (χ0n) is 25.7. The Morgan fingerprint density at radius 3 is 2.02 bits per heavy atom. The minimum absolute atomic E-state index is 0.0252. The SMILES string of the molecule is CC1=CC(=O)C2=C(C[C@@H]3C(=CC[C@@H]4C(=O)N(c5cc([N+](=O)[O-])c(N(C)C)c([N+](=O)[O-])c5)C(=O)[C@@H]43)[C@@H]2c2cc(C)c(O)c(C)c2)C1=O. The number of ketones is 2. The van der Waals surface area contributed by atoms with Gasteiger partial charge in [0.25, 0.3) is 0 Å². The number of nitrogens with zero attached hydrogens (tertiary/aromatic N) is 4. The largest absolute Gasteiger partial charge is 0.507 e. The van der Waals surface area contributed by atoms with Crippen LogP contribution in [0.5, 0.6) is 5.75 Å². The quantitative estimate of drug-likeness (QED) is 0.163. The summed E-state index contributed by atoms with van der Waals surface area (Å²) < 4.78 is 0. The van der Waals surface area contributed by atoms with Gasteiger partial charge in [-0.1, -0.05) is 23.8 Å². The molecule has 1 fully saturated rings. The van der Waals surface area contributed by atoms with Crippen molar-refractivity contribution in [3.63, 3.8) is 0 Å². The predicted molar refractivity (Wildman–Crippen MR) is 165 cm³/mol. The molecule has 3 aliphatic carbocycles. The number of hydrogen-bond acceptors (Lipinski definition) is 10. The maximum absolute atomic E-state index is 14.3. The Hall–Kier alpha value is -5.46. The standard InChI is InChI=1S/C33H30N4O9/c1-14-8-17(9-15(2)30(14)39)26-19-6-7-20-27(21(19)13-22-28(26)25(38)10-16(3)31(22)40)33(42)35(32(20)41)18-11-23(36(43)44)29(34(4)5)24(12-18)37(45)46/h6,8-12,20-21,26-27,39H,7,13H2,1-5H3/t20-,21+,26-,27-/m0/s1. The summed E-state index contributed by atoms with van der Waals surface area (Å²) in [4.78, 5) is 79.6. The average Bonchev–Trinajstić information content (AvgIpc) is 3.25. The van der Waals surface area contributed by atoms with Crippen molar-refractivity contribution in [3.05, 3.63) is 95.6 Å². The molecule has 0 radical (unpaired) electrons. The van der Waals surface area contributed by atoms with Crippen LogP contribution < -0.4 is 9.80 Å². The number of amides is 2. The van der Waals surface area contributed by atoms with E-state index in [1.807, 2.05) is 6.08 Å². The van der Waals surface area contributed by atoms with E-state index in [1.54, 1.807) is 32.9 Å². The number of rotatable bonds is 5. The number of carbonyl (C=O) groups is 4. The van der Waals surface area contributed by atoms with E-state index in [1.165, 1.54) is 25.1 Å². The van der Waals surface area contributed by atoms with Crippen LogP contribution in [0.25, 0.3) is 0 Å². The number of imide groups is 1. The number of fused-ring (bicyclic) bond motifs is 3. The van der Waals surface area contributed by atoms with E-state index < -0.39 is 56.7 Å². The van der Waals surface area contributed by atoms with E-state index in [0.29, 0.717) is 27.8 Å². The fourth-order valence-corrected chi connectivity index (χ4v) is 7.63. The topological polar surface area (TPSA) is 181 Å². The lowest BCUT2D eigenvalue weighted by Crippen LogP contribution is -2.39. The van der Waals surface area contributed by atoms with Crippen molar-refractivity contribution in [2.45, 2.75) is 39.5 Å². The van der Waals surface area contributed by atoms with Crippen LogP contribution >= 0.6 is 0 Å². The second kappa shape index (κ2) is 10.6. The summed E-state index contributed by atoms with van der Waals surface area (Å²) in [6.45, 7) is 5.00. The maximum Gasteiger partial charge on any atom is 0.301 e. The van der Waals surface area contributed by atoms with E-state index in [-0.39, 0.29) is 52.7 Å². The number of aromatic hydroxyl groups is 1. The molecule has 13 nitrogen and oxygen atoms in total. The molecular formula is C33H30N4O9. The van der Waals surface area contributed by atoms with Gasteiger partial charge in [-0.3, -0.25) is 39.4 Å². The molecule has 4 atom stereocenters. The van der Waals surface area contributed by atoms with E-state index in [4.69, 9.17) is 0 Å². The summed E-state index contributed by atoms with van der Waals surface area (Å²) in [6, 6.07) is 5.48. The summed E-state index contributed by atoms with van der Waals surface area (Å²) in [5.74, 6) is -5.14. The second-order valence-electron chi connectivity index (χ2n) is 12.5. The number of nitro benzene ring substituents is 2. The molecule has 236 valence electrons. The van der Waals surface area contributed by atoms with Gasteiger partial charge in [-0.05, 0) is 62.3 Å². The van der Waals surface area contributed by atoms with Crippen LogP contribution in [0.2, 0.25) is 0 Å². The number of nitro groups is 2. The van der Waals surface area contributed by atoms with Crippen LogP contribution in [0.1, 0.15) is 42.4 Å². The second-order valence-corrected chi connectivity index (χ2v) is 12.5. The predicted octanol–water partition coefficient (Wildman–Crippen LogP) is 4.53. The molecule has 1 heterocycles. The van der Waals surface area contributed by atoms with E-state index in [2.05, 4.69) is 0 Å². The minimum Gasteiger partial charge on any atom is -0.507 e. The third-order valence-electron chi connectivity index (χ3n) is 9.56. The number of allylic oxidation sites excluding steroid dienone is 6. The Morgan fingerprint density at radius 2 is 1.48 bits per heavy atom. The summed E-state index contributed by atoms with van der Waals surface area (Å²) in [6.07, 6.45) is 3.28.